The van der Waals surface area contributed by atoms with Gasteiger partial charge in [-0.05, 0) is 25.3 Å². The maximum absolute atomic E-state index is 11.8. The lowest BCUT2D eigenvalue weighted by molar-refractivity contribution is -0.119. The van der Waals surface area contributed by atoms with E-state index in [0.717, 1.165) is 30.7 Å². The zero-order valence-corrected chi connectivity index (χ0v) is 12.2. The highest BCUT2D eigenvalue weighted by molar-refractivity contribution is 5.82. The Morgan fingerprint density at radius 3 is 2.85 bits per heavy atom. The van der Waals surface area contributed by atoms with E-state index < -0.39 is 0 Å². The van der Waals surface area contributed by atoms with E-state index in [0.29, 0.717) is 24.9 Å². The van der Waals surface area contributed by atoms with E-state index in [4.69, 9.17) is 10.5 Å². The summed E-state index contributed by atoms with van der Waals surface area (Å²) in [5, 5.41) is 2.97. The van der Waals surface area contributed by atoms with Crippen LogP contribution in [0.15, 0.2) is 18.2 Å². The normalized spacial score (nSPS) is 13.9. The first-order valence-electron chi connectivity index (χ1n) is 7.12. The molecule has 5 heteroatoms. The number of amides is 1. The number of carbonyl (C=O) groups is 1. The number of hydrogen-bond donors (Lipinski definition) is 2. The molecule has 0 heterocycles. The minimum Gasteiger partial charge on any atom is -0.493 e. The molecule has 110 valence electrons. The summed E-state index contributed by atoms with van der Waals surface area (Å²) in [6, 6.07) is 5.96. The minimum absolute atomic E-state index is 0.0495. The molecule has 0 aliphatic heterocycles. The van der Waals surface area contributed by atoms with E-state index >= 15 is 0 Å². The van der Waals surface area contributed by atoms with Gasteiger partial charge in [-0.2, -0.15) is 0 Å². The Hall–Kier alpha value is -1.91. The van der Waals surface area contributed by atoms with Crippen LogP contribution >= 0.6 is 0 Å². The van der Waals surface area contributed by atoms with Crippen LogP contribution in [-0.2, 0) is 4.79 Å². The molecule has 0 radical (unpaired) electrons. The Morgan fingerprint density at radius 2 is 2.20 bits per heavy atom. The standard InChI is InChI=1S/C15H23N3O2/c1-3-6-20-14-8-11(16)7-13(9-14)18(2)10-15(19)17-12-4-5-12/h7-9,12H,3-6,10,16H2,1-2H3,(H,17,19). The summed E-state index contributed by atoms with van der Waals surface area (Å²) in [7, 11) is 1.88. The van der Waals surface area contributed by atoms with Crippen LogP contribution in [0.4, 0.5) is 11.4 Å². The second-order valence-electron chi connectivity index (χ2n) is 5.31. The average Bonchev–Trinajstić information content (AvgIpc) is 3.19. The van der Waals surface area contributed by atoms with Gasteiger partial charge in [0.05, 0.1) is 13.2 Å². The van der Waals surface area contributed by atoms with Gasteiger partial charge in [0.2, 0.25) is 5.91 Å². The molecule has 1 aromatic carbocycles. The molecule has 1 saturated carbocycles. The first kappa shape index (κ1) is 14.5. The third-order valence-electron chi connectivity index (χ3n) is 3.15. The Labute approximate surface area is 120 Å². The number of hydrogen-bond acceptors (Lipinski definition) is 4. The summed E-state index contributed by atoms with van der Waals surface area (Å²) < 4.78 is 5.60. The van der Waals surface area contributed by atoms with E-state index in [2.05, 4.69) is 12.2 Å². The molecule has 20 heavy (non-hydrogen) atoms. The monoisotopic (exact) mass is 277 g/mol. The van der Waals surface area contributed by atoms with Crippen molar-refractivity contribution in [2.24, 2.45) is 0 Å². The van der Waals surface area contributed by atoms with E-state index in [1.807, 2.05) is 24.1 Å². The highest BCUT2D eigenvalue weighted by atomic mass is 16.5. The zero-order valence-electron chi connectivity index (χ0n) is 12.2. The van der Waals surface area contributed by atoms with Gasteiger partial charge in [0.15, 0.2) is 0 Å². The number of nitrogen functional groups attached to an aromatic ring is 1. The van der Waals surface area contributed by atoms with Gasteiger partial charge in [-0.15, -0.1) is 0 Å². The van der Waals surface area contributed by atoms with E-state index in [1.54, 1.807) is 6.07 Å². The van der Waals surface area contributed by atoms with Crippen molar-refractivity contribution in [2.45, 2.75) is 32.2 Å². The molecule has 1 amide bonds. The predicted octanol–water partition coefficient (Wildman–Crippen LogP) is 1.77. The summed E-state index contributed by atoms with van der Waals surface area (Å²) in [6.07, 6.45) is 3.15. The number of nitrogens with zero attached hydrogens (tertiary/aromatic N) is 1. The largest absolute Gasteiger partial charge is 0.493 e. The highest BCUT2D eigenvalue weighted by Crippen LogP contribution is 2.25. The molecule has 0 spiro atoms. The van der Waals surface area contributed by atoms with Crippen LogP contribution in [0.3, 0.4) is 0 Å². The fourth-order valence-corrected chi connectivity index (χ4v) is 1.94. The molecule has 3 N–H and O–H groups in total. The van der Waals surface area contributed by atoms with Gasteiger partial charge in [0.1, 0.15) is 5.75 Å². The van der Waals surface area contributed by atoms with Crippen LogP contribution in [0.25, 0.3) is 0 Å². The van der Waals surface area contributed by atoms with E-state index in [1.165, 1.54) is 0 Å². The Balaban J connectivity index is 1.98. The molecule has 5 nitrogen and oxygen atoms in total. The summed E-state index contributed by atoms with van der Waals surface area (Å²) in [5.41, 5.74) is 7.42. The van der Waals surface area contributed by atoms with Gasteiger partial charge in [0, 0.05) is 36.6 Å². The molecule has 0 bridgehead atoms. The summed E-state index contributed by atoms with van der Waals surface area (Å²) >= 11 is 0. The van der Waals surface area contributed by atoms with Crippen LogP contribution in [0, 0.1) is 0 Å². The van der Waals surface area contributed by atoms with Gasteiger partial charge in [-0.3, -0.25) is 4.79 Å². The average molecular weight is 277 g/mol. The van der Waals surface area contributed by atoms with Crippen molar-refractivity contribution < 1.29 is 9.53 Å². The third-order valence-corrected chi connectivity index (χ3v) is 3.15. The van der Waals surface area contributed by atoms with E-state index in [-0.39, 0.29) is 5.91 Å². The van der Waals surface area contributed by atoms with Crippen LogP contribution in [0.1, 0.15) is 26.2 Å². The number of anilines is 2. The fourth-order valence-electron chi connectivity index (χ4n) is 1.94. The van der Waals surface area contributed by atoms with E-state index in [9.17, 15) is 4.79 Å². The van der Waals surface area contributed by atoms with Crippen molar-refractivity contribution in [3.05, 3.63) is 18.2 Å². The quantitative estimate of drug-likeness (QED) is 0.745. The lowest BCUT2D eigenvalue weighted by Gasteiger charge is -2.20. The number of ether oxygens (including phenoxy) is 1. The molecule has 0 atom stereocenters. The molecule has 1 aliphatic rings. The minimum atomic E-state index is 0.0495. The van der Waals surface area contributed by atoms with Crippen molar-refractivity contribution in [3.63, 3.8) is 0 Å². The summed E-state index contributed by atoms with van der Waals surface area (Å²) in [5.74, 6) is 0.796. The van der Waals surface area contributed by atoms with Gasteiger partial charge < -0.3 is 20.7 Å². The highest BCUT2D eigenvalue weighted by Gasteiger charge is 2.23. The number of rotatable bonds is 7. The summed E-state index contributed by atoms with van der Waals surface area (Å²) in [4.78, 5) is 13.7. The maximum Gasteiger partial charge on any atom is 0.239 e. The van der Waals surface area contributed by atoms with Crippen molar-refractivity contribution in [3.8, 4) is 5.75 Å². The van der Waals surface area contributed by atoms with Crippen molar-refractivity contribution in [1.29, 1.82) is 0 Å². The third kappa shape index (κ3) is 4.33. The Morgan fingerprint density at radius 1 is 1.45 bits per heavy atom. The van der Waals surface area contributed by atoms with Gasteiger partial charge in [0.25, 0.3) is 0 Å². The molecular weight excluding hydrogens is 254 g/mol. The summed E-state index contributed by atoms with van der Waals surface area (Å²) in [6.45, 7) is 3.05. The molecule has 1 aromatic rings. The first-order chi connectivity index (χ1) is 9.58. The lowest BCUT2D eigenvalue weighted by Crippen LogP contribution is -2.36. The van der Waals surface area contributed by atoms with Crippen molar-refractivity contribution in [1.82, 2.24) is 5.32 Å². The van der Waals surface area contributed by atoms with Gasteiger partial charge in [-0.25, -0.2) is 0 Å². The molecule has 1 aliphatic carbocycles. The molecule has 0 saturated heterocycles. The van der Waals surface area contributed by atoms with Gasteiger partial charge in [-0.1, -0.05) is 6.92 Å². The molecular formula is C15H23N3O2. The second kappa shape index (κ2) is 6.50. The SMILES string of the molecule is CCCOc1cc(N)cc(N(C)CC(=O)NC2CC2)c1. The van der Waals surface area contributed by atoms with Crippen molar-refractivity contribution >= 4 is 17.3 Å². The molecule has 0 aromatic heterocycles. The lowest BCUT2D eigenvalue weighted by atomic mass is 10.2. The molecule has 0 unspecified atom stereocenters. The maximum atomic E-state index is 11.8. The first-order valence-corrected chi connectivity index (χ1v) is 7.12. The number of carbonyl (C=O) groups excluding carboxylic acids is 1. The number of benzene rings is 1. The van der Waals surface area contributed by atoms with Crippen LogP contribution in [0.5, 0.6) is 5.75 Å². The topological polar surface area (TPSA) is 67.6 Å². The molecule has 2 rings (SSSR count). The Kier molecular flexibility index (Phi) is 4.71. The number of nitrogens with two attached hydrogens (primary N) is 1. The van der Waals surface area contributed by atoms with Crippen LogP contribution in [-0.4, -0.2) is 32.1 Å². The van der Waals surface area contributed by atoms with Crippen LogP contribution in [0.2, 0.25) is 0 Å². The van der Waals surface area contributed by atoms with Gasteiger partial charge >= 0.3 is 0 Å². The Bertz CT molecular complexity index is 472. The van der Waals surface area contributed by atoms with Crippen LogP contribution < -0.4 is 20.7 Å². The second-order valence-corrected chi connectivity index (χ2v) is 5.31. The number of nitrogens with one attached hydrogen (secondary N) is 1. The smallest absolute Gasteiger partial charge is 0.239 e. The predicted molar refractivity (Wildman–Crippen MR) is 81.1 cm³/mol. The zero-order chi connectivity index (χ0) is 14.5. The number of likely N-dealkylation sites (N-methyl/N-ethyl adjacent to an activating group) is 1. The van der Waals surface area contributed by atoms with Crippen molar-refractivity contribution in [2.75, 3.05) is 30.8 Å². The fraction of sp³-hybridized carbons (Fsp3) is 0.533. The molecule has 1 fully saturated rings.